The van der Waals surface area contributed by atoms with Crippen LogP contribution in [0.4, 0.5) is 5.69 Å². The fraction of sp³-hybridized carbons (Fsp3) is 0.111. The number of halogens is 3. The molecule has 0 spiro atoms. The van der Waals surface area contributed by atoms with Crippen LogP contribution in [-0.2, 0) is 11.2 Å². The number of pyridine rings is 1. The van der Waals surface area contributed by atoms with Crippen molar-refractivity contribution >= 4 is 68.2 Å². The van der Waals surface area contributed by atoms with Crippen molar-refractivity contribution in [2.45, 2.75) is 19.3 Å². The maximum absolute atomic E-state index is 12.6. The Kier molecular flexibility index (Phi) is 6.46. The summed E-state index contributed by atoms with van der Waals surface area (Å²) in [4.78, 5) is 21.0. The Bertz CT molecular complexity index is 1530. The number of para-hydroxylation sites is 2. The lowest BCUT2D eigenvalue weighted by Crippen LogP contribution is -2.12. The third kappa shape index (κ3) is 4.62. The monoisotopic (exact) mass is 507 g/mol. The van der Waals surface area contributed by atoms with E-state index in [-0.39, 0.29) is 5.91 Å². The first-order chi connectivity index (χ1) is 16.5. The minimum Gasteiger partial charge on any atom is -0.353 e. The number of nitrogens with zero attached hydrogens (tertiary/aromatic N) is 1. The van der Waals surface area contributed by atoms with Gasteiger partial charge in [0.1, 0.15) is 0 Å². The molecule has 170 valence electrons. The van der Waals surface area contributed by atoms with E-state index in [1.54, 1.807) is 6.07 Å². The first-order valence-corrected chi connectivity index (χ1v) is 12.0. The molecule has 0 aliphatic heterocycles. The lowest BCUT2D eigenvalue weighted by molar-refractivity contribution is -0.116. The maximum atomic E-state index is 12.6. The zero-order chi connectivity index (χ0) is 23.7. The fourth-order valence-electron chi connectivity index (χ4n) is 4.14. The van der Waals surface area contributed by atoms with Gasteiger partial charge >= 0.3 is 0 Å². The molecule has 0 fully saturated rings. The Morgan fingerprint density at radius 3 is 2.53 bits per heavy atom. The number of aromatic nitrogens is 2. The molecule has 0 atom stereocenters. The summed E-state index contributed by atoms with van der Waals surface area (Å²) in [6, 6.07) is 23.5. The van der Waals surface area contributed by atoms with Gasteiger partial charge in [-0.3, -0.25) is 4.79 Å². The van der Waals surface area contributed by atoms with Crippen molar-refractivity contribution in [1.29, 1.82) is 0 Å². The highest BCUT2D eigenvalue weighted by atomic mass is 35.5. The summed E-state index contributed by atoms with van der Waals surface area (Å²) in [7, 11) is 0. The average molecular weight is 509 g/mol. The molecule has 0 bridgehead atoms. The molecule has 0 saturated carbocycles. The van der Waals surface area contributed by atoms with Crippen molar-refractivity contribution < 1.29 is 4.79 Å². The zero-order valence-electron chi connectivity index (χ0n) is 18.0. The molecule has 2 N–H and O–H groups in total. The Hall–Kier alpha value is -3.05. The van der Waals surface area contributed by atoms with E-state index in [2.05, 4.69) is 34.6 Å². The van der Waals surface area contributed by atoms with Crippen molar-refractivity contribution in [1.82, 2.24) is 9.97 Å². The van der Waals surface area contributed by atoms with Crippen LogP contribution in [-0.4, -0.2) is 15.9 Å². The van der Waals surface area contributed by atoms with Gasteiger partial charge in [-0.25, -0.2) is 4.98 Å². The number of benzene rings is 3. The van der Waals surface area contributed by atoms with E-state index in [9.17, 15) is 4.79 Å². The van der Waals surface area contributed by atoms with E-state index in [4.69, 9.17) is 39.8 Å². The predicted molar refractivity (Wildman–Crippen MR) is 142 cm³/mol. The number of nitrogens with one attached hydrogen (secondary N) is 2. The van der Waals surface area contributed by atoms with Crippen molar-refractivity contribution in [3.05, 3.63) is 93.4 Å². The van der Waals surface area contributed by atoms with Crippen LogP contribution in [0.1, 0.15) is 18.4 Å². The molecular formula is C27H20Cl3N3O. The van der Waals surface area contributed by atoms with Crippen LogP contribution < -0.4 is 5.32 Å². The van der Waals surface area contributed by atoms with Crippen LogP contribution in [0.15, 0.2) is 72.8 Å². The minimum absolute atomic E-state index is 0.134. The number of amides is 1. The number of aryl methyl sites for hydroxylation is 1. The Balaban J connectivity index is 1.37. The van der Waals surface area contributed by atoms with Crippen LogP contribution in [0.3, 0.4) is 0 Å². The van der Waals surface area contributed by atoms with Crippen molar-refractivity contribution in [2.24, 2.45) is 0 Å². The predicted octanol–water partition coefficient (Wildman–Crippen LogP) is 8.30. The Labute approximate surface area is 211 Å². The lowest BCUT2D eigenvalue weighted by Gasteiger charge is -2.09. The van der Waals surface area contributed by atoms with Gasteiger partial charge in [0.25, 0.3) is 0 Å². The van der Waals surface area contributed by atoms with Crippen LogP contribution in [0.2, 0.25) is 15.1 Å². The summed E-state index contributed by atoms with van der Waals surface area (Å²) >= 11 is 18.2. The molecular weight excluding hydrogens is 489 g/mol. The summed E-state index contributed by atoms with van der Waals surface area (Å²) in [6.45, 7) is 0. The second-order valence-corrected chi connectivity index (χ2v) is 9.28. The van der Waals surface area contributed by atoms with Gasteiger partial charge in [-0.1, -0.05) is 77.3 Å². The number of aromatic amines is 1. The third-order valence-electron chi connectivity index (χ3n) is 5.78. The van der Waals surface area contributed by atoms with E-state index in [0.717, 1.165) is 45.2 Å². The molecule has 5 aromatic rings. The Morgan fingerprint density at radius 1 is 0.882 bits per heavy atom. The van der Waals surface area contributed by atoms with Crippen LogP contribution in [0, 0.1) is 0 Å². The molecule has 4 nitrogen and oxygen atoms in total. The van der Waals surface area contributed by atoms with Crippen LogP contribution >= 0.6 is 34.8 Å². The van der Waals surface area contributed by atoms with E-state index < -0.39 is 0 Å². The highest BCUT2D eigenvalue weighted by molar-refractivity contribution is 6.44. The van der Waals surface area contributed by atoms with Gasteiger partial charge in [0.15, 0.2) is 0 Å². The smallest absolute Gasteiger partial charge is 0.224 e. The van der Waals surface area contributed by atoms with Gasteiger partial charge in [0.05, 0.1) is 37.7 Å². The second kappa shape index (κ2) is 9.67. The summed E-state index contributed by atoms with van der Waals surface area (Å²) in [5, 5.41) is 6.10. The van der Waals surface area contributed by atoms with Crippen molar-refractivity contribution in [3.63, 3.8) is 0 Å². The molecule has 5 rings (SSSR count). The lowest BCUT2D eigenvalue weighted by atomic mass is 10.0. The van der Waals surface area contributed by atoms with Crippen LogP contribution in [0.25, 0.3) is 33.2 Å². The first-order valence-electron chi connectivity index (χ1n) is 10.9. The molecule has 3 aromatic carbocycles. The average Bonchev–Trinajstić information content (AvgIpc) is 3.21. The van der Waals surface area contributed by atoms with E-state index in [1.807, 2.05) is 36.4 Å². The van der Waals surface area contributed by atoms with Crippen molar-refractivity contribution in [3.8, 4) is 11.4 Å². The molecule has 7 heteroatoms. The van der Waals surface area contributed by atoms with Crippen LogP contribution in [0.5, 0.6) is 0 Å². The largest absolute Gasteiger partial charge is 0.353 e. The molecule has 0 saturated heterocycles. The topological polar surface area (TPSA) is 57.8 Å². The standard InChI is InChI=1S/C27H20Cl3N3O/c28-19-14-21(30)25(15-20(19)29)32-26(34)11-5-8-18-17-7-2-4-10-23(17)33-27(18)24-13-12-16-6-1-3-9-22(16)31-24/h1-4,6-7,9-10,12-15,33H,5,8,11H2,(H,32,34). The number of hydrogen-bond donors (Lipinski definition) is 2. The number of fused-ring (bicyclic) bond motifs is 2. The van der Waals surface area contributed by atoms with Gasteiger partial charge in [-0.05, 0) is 48.7 Å². The number of carbonyl (C=O) groups excluding carboxylic acids is 1. The SMILES string of the molecule is O=C(CCCc1c(-c2ccc3ccccc3n2)[nH]c2ccccc12)Nc1cc(Cl)c(Cl)cc1Cl. The highest BCUT2D eigenvalue weighted by Crippen LogP contribution is 2.33. The molecule has 2 heterocycles. The molecule has 2 aromatic heterocycles. The second-order valence-electron chi connectivity index (χ2n) is 8.06. The highest BCUT2D eigenvalue weighted by Gasteiger charge is 2.16. The van der Waals surface area contributed by atoms with Gasteiger partial charge in [0, 0.05) is 22.7 Å². The summed E-state index contributed by atoms with van der Waals surface area (Å²) in [5.41, 5.74) is 5.47. The summed E-state index contributed by atoms with van der Waals surface area (Å²) in [5.74, 6) is -0.134. The maximum Gasteiger partial charge on any atom is 0.224 e. The van der Waals surface area contributed by atoms with Gasteiger partial charge < -0.3 is 10.3 Å². The number of H-pyrrole nitrogens is 1. The molecule has 1 amide bonds. The van der Waals surface area contributed by atoms with Gasteiger partial charge in [-0.2, -0.15) is 0 Å². The van der Waals surface area contributed by atoms with Crippen molar-refractivity contribution in [2.75, 3.05) is 5.32 Å². The first kappa shape index (κ1) is 22.7. The molecule has 0 aliphatic carbocycles. The summed E-state index contributed by atoms with van der Waals surface area (Å²) in [6.07, 6.45) is 1.71. The van der Waals surface area contributed by atoms with E-state index in [0.29, 0.717) is 33.6 Å². The van der Waals surface area contributed by atoms with E-state index >= 15 is 0 Å². The summed E-state index contributed by atoms with van der Waals surface area (Å²) < 4.78 is 0. The van der Waals surface area contributed by atoms with E-state index in [1.165, 1.54) is 6.07 Å². The number of hydrogen-bond acceptors (Lipinski definition) is 2. The molecule has 0 unspecified atom stereocenters. The number of rotatable bonds is 6. The zero-order valence-corrected chi connectivity index (χ0v) is 20.3. The minimum atomic E-state index is -0.134. The molecule has 34 heavy (non-hydrogen) atoms. The van der Waals surface area contributed by atoms with Gasteiger partial charge in [-0.15, -0.1) is 0 Å². The number of anilines is 1. The normalized spacial score (nSPS) is 11.3. The molecule has 0 radical (unpaired) electrons. The number of carbonyl (C=O) groups is 1. The van der Waals surface area contributed by atoms with Gasteiger partial charge in [0.2, 0.25) is 5.91 Å². The quantitative estimate of drug-likeness (QED) is 0.227. The Morgan fingerprint density at radius 2 is 1.65 bits per heavy atom. The third-order valence-corrected chi connectivity index (χ3v) is 6.82. The fourth-order valence-corrected chi connectivity index (χ4v) is 4.73. The molecule has 0 aliphatic rings.